The topological polar surface area (TPSA) is 25.2 Å². The van der Waals surface area contributed by atoms with Crippen LogP contribution in [0.3, 0.4) is 0 Å². The normalized spacial score (nSPS) is 13.0. The van der Waals surface area contributed by atoms with Gasteiger partial charge in [0.25, 0.3) is 0 Å². The van der Waals surface area contributed by atoms with E-state index in [1.807, 2.05) is 6.92 Å². The quantitative estimate of drug-likeness (QED) is 0.500. The number of unbranched alkanes of at least 4 members (excludes halogenated alkanes) is 4. The van der Waals surface area contributed by atoms with Crippen LogP contribution in [-0.2, 0) is 0 Å². The molecular weight excluding hydrogens is 258 g/mol. The Morgan fingerprint density at radius 2 is 1.57 bits per heavy atom. The fourth-order valence-corrected chi connectivity index (χ4v) is 3.12. The van der Waals surface area contributed by atoms with E-state index in [2.05, 4.69) is 39.1 Å². The SMILES string of the molecule is CCCCCC(CCCCC)NC(C)c1cc(C)oc1C. The Balaban J connectivity index is 2.54. The van der Waals surface area contributed by atoms with Gasteiger partial charge < -0.3 is 9.73 Å². The van der Waals surface area contributed by atoms with Crippen LogP contribution in [0.1, 0.15) is 95.3 Å². The van der Waals surface area contributed by atoms with Gasteiger partial charge in [0.05, 0.1) is 0 Å². The third kappa shape index (κ3) is 6.69. The molecule has 1 rings (SSSR count). The lowest BCUT2D eigenvalue weighted by Gasteiger charge is -2.23. The maximum Gasteiger partial charge on any atom is 0.105 e. The summed E-state index contributed by atoms with van der Waals surface area (Å²) in [4.78, 5) is 0. The lowest BCUT2D eigenvalue weighted by atomic mass is 9.99. The van der Waals surface area contributed by atoms with Gasteiger partial charge >= 0.3 is 0 Å². The van der Waals surface area contributed by atoms with Crippen LogP contribution in [0.5, 0.6) is 0 Å². The molecule has 2 heteroatoms. The minimum atomic E-state index is 0.385. The smallest absolute Gasteiger partial charge is 0.105 e. The van der Waals surface area contributed by atoms with Crippen molar-refractivity contribution in [3.05, 3.63) is 23.2 Å². The molecule has 1 aromatic heterocycles. The number of hydrogen-bond acceptors (Lipinski definition) is 2. The van der Waals surface area contributed by atoms with Crippen molar-refractivity contribution in [3.8, 4) is 0 Å². The lowest BCUT2D eigenvalue weighted by molar-refractivity contribution is 0.381. The molecule has 0 spiro atoms. The van der Waals surface area contributed by atoms with E-state index >= 15 is 0 Å². The van der Waals surface area contributed by atoms with E-state index in [-0.39, 0.29) is 0 Å². The summed E-state index contributed by atoms with van der Waals surface area (Å²) in [5.74, 6) is 2.08. The van der Waals surface area contributed by atoms with Crippen LogP contribution in [0.25, 0.3) is 0 Å². The fraction of sp³-hybridized carbons (Fsp3) is 0.789. The third-order valence-electron chi connectivity index (χ3n) is 4.34. The van der Waals surface area contributed by atoms with Crippen molar-refractivity contribution >= 4 is 0 Å². The summed E-state index contributed by atoms with van der Waals surface area (Å²) >= 11 is 0. The summed E-state index contributed by atoms with van der Waals surface area (Å²) in [5, 5.41) is 3.85. The zero-order valence-corrected chi connectivity index (χ0v) is 14.8. The van der Waals surface area contributed by atoms with E-state index in [1.54, 1.807) is 0 Å². The number of furan rings is 1. The number of nitrogens with one attached hydrogen (secondary N) is 1. The second-order valence-electron chi connectivity index (χ2n) is 6.45. The van der Waals surface area contributed by atoms with Crippen molar-refractivity contribution in [1.29, 1.82) is 0 Å². The average Bonchev–Trinajstić information content (AvgIpc) is 2.78. The molecule has 0 radical (unpaired) electrons. The van der Waals surface area contributed by atoms with Gasteiger partial charge in [0.2, 0.25) is 0 Å². The molecule has 1 unspecified atom stereocenters. The van der Waals surface area contributed by atoms with E-state index in [4.69, 9.17) is 4.42 Å². The zero-order chi connectivity index (χ0) is 15.7. The van der Waals surface area contributed by atoms with Gasteiger partial charge in [0.15, 0.2) is 0 Å². The van der Waals surface area contributed by atoms with E-state index in [9.17, 15) is 0 Å². The highest BCUT2D eigenvalue weighted by Crippen LogP contribution is 2.23. The third-order valence-corrected chi connectivity index (χ3v) is 4.34. The molecule has 0 aliphatic rings. The molecule has 1 N–H and O–H groups in total. The summed E-state index contributed by atoms with van der Waals surface area (Å²) in [5.41, 5.74) is 1.32. The minimum absolute atomic E-state index is 0.385. The fourth-order valence-electron chi connectivity index (χ4n) is 3.12. The lowest BCUT2D eigenvalue weighted by Crippen LogP contribution is -2.31. The van der Waals surface area contributed by atoms with Crippen LogP contribution < -0.4 is 5.32 Å². The molecule has 0 aliphatic carbocycles. The summed E-state index contributed by atoms with van der Waals surface area (Å²) in [6, 6.07) is 3.21. The maximum atomic E-state index is 5.67. The van der Waals surface area contributed by atoms with Crippen LogP contribution in [-0.4, -0.2) is 6.04 Å². The van der Waals surface area contributed by atoms with Crippen molar-refractivity contribution in [2.75, 3.05) is 0 Å². The first-order chi connectivity index (χ1) is 10.1. The Bertz CT molecular complexity index is 373. The van der Waals surface area contributed by atoms with Gasteiger partial charge in [-0.05, 0) is 39.7 Å². The molecule has 0 bridgehead atoms. The highest BCUT2D eigenvalue weighted by Gasteiger charge is 2.16. The first-order valence-electron chi connectivity index (χ1n) is 8.91. The summed E-state index contributed by atoms with van der Waals surface area (Å²) in [6.45, 7) is 10.9. The van der Waals surface area contributed by atoms with Crippen LogP contribution in [0.15, 0.2) is 10.5 Å². The van der Waals surface area contributed by atoms with Gasteiger partial charge in [-0.2, -0.15) is 0 Å². The summed E-state index contributed by atoms with van der Waals surface area (Å²) < 4.78 is 5.67. The second kappa shape index (κ2) is 10.0. The Hall–Kier alpha value is -0.760. The van der Waals surface area contributed by atoms with Crippen molar-refractivity contribution in [2.45, 2.75) is 98.1 Å². The van der Waals surface area contributed by atoms with Crippen LogP contribution in [0.2, 0.25) is 0 Å². The van der Waals surface area contributed by atoms with Gasteiger partial charge in [-0.25, -0.2) is 0 Å². The number of hydrogen-bond donors (Lipinski definition) is 1. The highest BCUT2D eigenvalue weighted by atomic mass is 16.3. The maximum absolute atomic E-state index is 5.67. The minimum Gasteiger partial charge on any atom is -0.466 e. The summed E-state index contributed by atoms with van der Waals surface area (Å²) in [6.07, 6.45) is 10.6. The average molecular weight is 293 g/mol. The van der Waals surface area contributed by atoms with Crippen LogP contribution in [0.4, 0.5) is 0 Å². The van der Waals surface area contributed by atoms with E-state index in [1.165, 1.54) is 56.9 Å². The number of rotatable bonds is 11. The predicted molar refractivity (Wildman–Crippen MR) is 91.8 cm³/mol. The Kier molecular flexibility index (Phi) is 8.75. The van der Waals surface area contributed by atoms with Crippen LogP contribution >= 0.6 is 0 Å². The Morgan fingerprint density at radius 3 is 2.00 bits per heavy atom. The van der Waals surface area contributed by atoms with Gasteiger partial charge in [-0.15, -0.1) is 0 Å². The summed E-state index contributed by atoms with van der Waals surface area (Å²) in [7, 11) is 0. The van der Waals surface area contributed by atoms with Gasteiger partial charge in [-0.3, -0.25) is 0 Å². The Morgan fingerprint density at radius 1 is 1.00 bits per heavy atom. The van der Waals surface area contributed by atoms with Crippen molar-refractivity contribution in [1.82, 2.24) is 5.32 Å². The second-order valence-corrected chi connectivity index (χ2v) is 6.45. The molecule has 0 aliphatic heterocycles. The molecule has 2 nitrogen and oxygen atoms in total. The molecule has 1 aromatic rings. The molecule has 0 amide bonds. The van der Waals surface area contributed by atoms with Crippen molar-refractivity contribution in [3.63, 3.8) is 0 Å². The largest absolute Gasteiger partial charge is 0.466 e. The first-order valence-corrected chi connectivity index (χ1v) is 8.91. The predicted octanol–water partition coefficient (Wildman–Crippen LogP) is 6.08. The van der Waals surface area contributed by atoms with Crippen molar-refractivity contribution < 1.29 is 4.42 Å². The van der Waals surface area contributed by atoms with Gasteiger partial charge in [-0.1, -0.05) is 52.4 Å². The molecule has 0 saturated heterocycles. The molecule has 122 valence electrons. The molecular formula is C19H35NO. The molecule has 21 heavy (non-hydrogen) atoms. The van der Waals surface area contributed by atoms with Crippen molar-refractivity contribution in [2.24, 2.45) is 0 Å². The van der Waals surface area contributed by atoms with E-state index in [0.29, 0.717) is 12.1 Å². The van der Waals surface area contributed by atoms with Gasteiger partial charge in [0.1, 0.15) is 11.5 Å². The molecule has 0 saturated carbocycles. The highest BCUT2D eigenvalue weighted by molar-refractivity contribution is 5.23. The first kappa shape index (κ1) is 18.3. The Labute approximate surface area is 131 Å². The molecule has 1 atom stereocenters. The molecule has 1 heterocycles. The van der Waals surface area contributed by atoms with Crippen LogP contribution in [0, 0.1) is 13.8 Å². The zero-order valence-electron chi connectivity index (χ0n) is 14.8. The number of aryl methyl sites for hydroxylation is 2. The van der Waals surface area contributed by atoms with Gasteiger partial charge in [0, 0.05) is 17.6 Å². The van der Waals surface area contributed by atoms with E-state index in [0.717, 1.165) is 11.5 Å². The standard InChI is InChI=1S/C19H35NO/c1-6-8-10-12-18(13-11-9-7-2)20-16(4)19-14-15(3)21-17(19)5/h14,16,18,20H,6-13H2,1-5H3. The molecule has 0 aromatic carbocycles. The monoisotopic (exact) mass is 293 g/mol. The van der Waals surface area contributed by atoms with E-state index < -0.39 is 0 Å². The molecule has 0 fully saturated rings.